The maximum absolute atomic E-state index is 11.4. The molecule has 2 rings (SSSR count). The van der Waals surface area contributed by atoms with E-state index in [9.17, 15) is 4.79 Å². The Balaban J connectivity index is 2.05. The number of ether oxygens (including phenoxy) is 1. The number of methoxy groups -OCH3 is 1. The minimum Gasteiger partial charge on any atom is -0.463 e. The third-order valence-electron chi connectivity index (χ3n) is 2.37. The highest BCUT2D eigenvalue weighted by Crippen LogP contribution is 2.25. The predicted octanol–water partition coefficient (Wildman–Crippen LogP) is 3.06. The normalized spacial score (nSPS) is 10.3. The van der Waals surface area contributed by atoms with Crippen molar-refractivity contribution >= 4 is 17.7 Å². The van der Waals surface area contributed by atoms with E-state index in [1.165, 1.54) is 7.11 Å². The zero-order valence-corrected chi connectivity index (χ0v) is 11.0. The Morgan fingerprint density at radius 3 is 2.83 bits per heavy atom. The maximum Gasteiger partial charge on any atom is 0.374 e. The molecule has 4 nitrogen and oxygen atoms in total. The number of thioether (sulfide) groups is 1. The molecule has 0 atom stereocenters. The summed E-state index contributed by atoms with van der Waals surface area (Å²) >= 11 is 1.63. The average Bonchev–Trinajstić information content (AvgIpc) is 2.78. The largest absolute Gasteiger partial charge is 0.463 e. The minimum absolute atomic E-state index is 0.280. The molecule has 0 radical (unpaired) electrons. The van der Waals surface area contributed by atoms with E-state index in [-0.39, 0.29) is 5.76 Å². The van der Waals surface area contributed by atoms with Crippen molar-refractivity contribution in [3.8, 4) is 0 Å². The number of esters is 1. The number of pyridine rings is 1. The van der Waals surface area contributed by atoms with Gasteiger partial charge in [-0.2, -0.15) is 0 Å². The van der Waals surface area contributed by atoms with E-state index in [2.05, 4.69) is 9.72 Å². The maximum atomic E-state index is 11.4. The quantitative estimate of drug-likeness (QED) is 0.626. The van der Waals surface area contributed by atoms with Gasteiger partial charge in [0.15, 0.2) is 0 Å². The molecule has 0 aromatic carbocycles. The van der Waals surface area contributed by atoms with Gasteiger partial charge in [-0.05, 0) is 25.1 Å². The molecule has 0 aliphatic carbocycles. The number of nitrogens with zero attached hydrogens (tertiary/aromatic N) is 1. The smallest absolute Gasteiger partial charge is 0.374 e. The van der Waals surface area contributed by atoms with Gasteiger partial charge in [-0.3, -0.25) is 4.98 Å². The fourth-order valence-electron chi connectivity index (χ4n) is 1.50. The monoisotopic (exact) mass is 263 g/mol. The first-order valence-corrected chi connectivity index (χ1v) is 6.39. The number of carbonyl (C=O) groups is 1. The van der Waals surface area contributed by atoms with Gasteiger partial charge in [0.25, 0.3) is 0 Å². The SMILES string of the molecule is COC(=O)c1oc(CSc2ccncc2)cc1C. The fraction of sp³-hybridized carbons (Fsp3) is 0.231. The van der Waals surface area contributed by atoms with Gasteiger partial charge in [-0.25, -0.2) is 4.79 Å². The van der Waals surface area contributed by atoms with Gasteiger partial charge in [0, 0.05) is 22.9 Å². The van der Waals surface area contributed by atoms with E-state index in [1.54, 1.807) is 24.2 Å². The topological polar surface area (TPSA) is 52.3 Å². The number of carbonyl (C=O) groups excluding carboxylic acids is 1. The molecule has 0 aliphatic rings. The van der Waals surface area contributed by atoms with Crippen LogP contribution in [0.5, 0.6) is 0 Å². The lowest BCUT2D eigenvalue weighted by Crippen LogP contribution is -2.00. The lowest BCUT2D eigenvalue weighted by atomic mass is 10.3. The molecule has 5 heteroatoms. The standard InChI is InChI=1S/C13H13NO3S/c1-9-7-10(17-12(9)13(15)16-2)8-18-11-3-5-14-6-4-11/h3-7H,8H2,1-2H3. The molecule has 94 valence electrons. The van der Waals surface area contributed by atoms with Crippen molar-refractivity contribution in [3.05, 3.63) is 47.7 Å². The van der Waals surface area contributed by atoms with E-state index in [0.717, 1.165) is 16.2 Å². The number of hydrogen-bond acceptors (Lipinski definition) is 5. The summed E-state index contributed by atoms with van der Waals surface area (Å²) in [5, 5.41) is 0. The third kappa shape index (κ3) is 2.92. The molecule has 0 N–H and O–H groups in total. The van der Waals surface area contributed by atoms with E-state index in [1.807, 2.05) is 25.1 Å². The lowest BCUT2D eigenvalue weighted by Gasteiger charge is -1.98. The van der Waals surface area contributed by atoms with Crippen molar-refractivity contribution in [1.82, 2.24) is 4.98 Å². The molecule has 2 aromatic heterocycles. The number of aromatic nitrogens is 1. The van der Waals surface area contributed by atoms with E-state index >= 15 is 0 Å². The molecule has 0 saturated heterocycles. The Kier molecular flexibility index (Phi) is 4.04. The van der Waals surface area contributed by atoms with E-state index in [0.29, 0.717) is 5.75 Å². The Morgan fingerprint density at radius 2 is 2.17 bits per heavy atom. The molecule has 2 heterocycles. The number of rotatable bonds is 4. The summed E-state index contributed by atoms with van der Waals surface area (Å²) in [6, 6.07) is 5.73. The van der Waals surface area contributed by atoms with Gasteiger partial charge in [0.1, 0.15) is 5.76 Å². The van der Waals surface area contributed by atoms with E-state index < -0.39 is 5.97 Å². The van der Waals surface area contributed by atoms with Gasteiger partial charge >= 0.3 is 5.97 Å². The summed E-state index contributed by atoms with van der Waals surface area (Å²) in [5.74, 6) is 1.27. The summed E-state index contributed by atoms with van der Waals surface area (Å²) < 4.78 is 10.1. The zero-order valence-electron chi connectivity index (χ0n) is 10.2. The molecule has 0 spiro atoms. The molecular formula is C13H13NO3S. The first kappa shape index (κ1) is 12.7. The summed E-state index contributed by atoms with van der Waals surface area (Å²) in [7, 11) is 1.34. The highest BCUT2D eigenvalue weighted by atomic mass is 32.2. The van der Waals surface area contributed by atoms with Gasteiger partial charge in [-0.15, -0.1) is 11.8 Å². The Morgan fingerprint density at radius 1 is 1.44 bits per heavy atom. The van der Waals surface area contributed by atoms with Crippen LogP contribution in [0.1, 0.15) is 21.9 Å². The van der Waals surface area contributed by atoms with Gasteiger partial charge in [0.2, 0.25) is 5.76 Å². The Bertz CT molecular complexity index is 536. The van der Waals surface area contributed by atoms with Crippen LogP contribution in [0.25, 0.3) is 0 Å². The molecule has 0 aliphatic heterocycles. The summed E-state index contributed by atoms with van der Waals surface area (Å²) in [6.45, 7) is 1.83. The second-order valence-corrected chi connectivity index (χ2v) is 4.74. The lowest BCUT2D eigenvalue weighted by molar-refractivity contribution is 0.0562. The fourth-order valence-corrected chi connectivity index (χ4v) is 2.27. The van der Waals surface area contributed by atoms with Crippen LogP contribution in [0.2, 0.25) is 0 Å². The molecule has 0 unspecified atom stereocenters. The first-order valence-electron chi connectivity index (χ1n) is 5.41. The van der Waals surface area contributed by atoms with Crippen LogP contribution in [-0.4, -0.2) is 18.1 Å². The minimum atomic E-state index is -0.437. The zero-order chi connectivity index (χ0) is 13.0. The van der Waals surface area contributed by atoms with Gasteiger partial charge < -0.3 is 9.15 Å². The van der Waals surface area contributed by atoms with Gasteiger partial charge in [-0.1, -0.05) is 0 Å². The predicted molar refractivity (Wildman–Crippen MR) is 68.6 cm³/mol. The first-order chi connectivity index (χ1) is 8.70. The molecule has 0 amide bonds. The van der Waals surface area contributed by atoms with Crippen LogP contribution in [0.15, 0.2) is 39.9 Å². The van der Waals surface area contributed by atoms with Gasteiger partial charge in [0.05, 0.1) is 12.9 Å². The summed E-state index contributed by atoms with van der Waals surface area (Å²) in [5.41, 5.74) is 0.798. The van der Waals surface area contributed by atoms with Crippen molar-refractivity contribution in [2.24, 2.45) is 0 Å². The van der Waals surface area contributed by atoms with Crippen LogP contribution in [0.3, 0.4) is 0 Å². The Hall–Kier alpha value is -1.75. The molecule has 0 saturated carbocycles. The van der Waals surface area contributed by atoms with Crippen molar-refractivity contribution in [3.63, 3.8) is 0 Å². The second-order valence-electron chi connectivity index (χ2n) is 3.69. The van der Waals surface area contributed by atoms with Crippen LogP contribution >= 0.6 is 11.8 Å². The highest BCUT2D eigenvalue weighted by molar-refractivity contribution is 7.98. The number of hydrogen-bond donors (Lipinski definition) is 0. The van der Waals surface area contributed by atoms with Crippen LogP contribution in [0, 0.1) is 6.92 Å². The average molecular weight is 263 g/mol. The summed E-state index contributed by atoms with van der Waals surface area (Å²) in [6.07, 6.45) is 3.49. The molecular weight excluding hydrogens is 250 g/mol. The van der Waals surface area contributed by atoms with Crippen molar-refractivity contribution in [1.29, 1.82) is 0 Å². The van der Waals surface area contributed by atoms with E-state index in [4.69, 9.17) is 4.42 Å². The van der Waals surface area contributed by atoms with Crippen molar-refractivity contribution in [2.45, 2.75) is 17.6 Å². The highest BCUT2D eigenvalue weighted by Gasteiger charge is 2.15. The molecule has 0 fully saturated rings. The summed E-state index contributed by atoms with van der Waals surface area (Å²) in [4.78, 5) is 16.5. The molecule has 18 heavy (non-hydrogen) atoms. The third-order valence-corrected chi connectivity index (χ3v) is 3.40. The second kappa shape index (κ2) is 5.73. The van der Waals surface area contributed by atoms with Crippen LogP contribution in [-0.2, 0) is 10.5 Å². The number of furan rings is 1. The van der Waals surface area contributed by atoms with Crippen LogP contribution < -0.4 is 0 Å². The van der Waals surface area contributed by atoms with Crippen molar-refractivity contribution < 1.29 is 13.9 Å². The molecule has 0 bridgehead atoms. The molecule has 2 aromatic rings. The van der Waals surface area contributed by atoms with Crippen LogP contribution in [0.4, 0.5) is 0 Å². The van der Waals surface area contributed by atoms with Crippen molar-refractivity contribution in [2.75, 3.05) is 7.11 Å². The Labute approximate surface area is 109 Å². The number of aryl methyl sites for hydroxylation is 1.